The largest absolute Gasteiger partial charge is 0.326 e. The summed E-state index contributed by atoms with van der Waals surface area (Å²) in [4.78, 5) is 2.42. The van der Waals surface area contributed by atoms with E-state index in [1.165, 1.54) is 37.8 Å². The minimum absolute atomic E-state index is 0.0274. The van der Waals surface area contributed by atoms with Gasteiger partial charge in [0, 0.05) is 18.1 Å². The fraction of sp³-hybridized carbons (Fsp3) is 0.647. The van der Waals surface area contributed by atoms with Crippen molar-refractivity contribution in [2.45, 2.75) is 57.7 Å². The summed E-state index contributed by atoms with van der Waals surface area (Å²) in [5, 5.41) is 0. The number of halogens is 1. The van der Waals surface area contributed by atoms with E-state index in [-0.39, 0.29) is 17.9 Å². The van der Waals surface area contributed by atoms with Crippen molar-refractivity contribution in [3.05, 3.63) is 35.6 Å². The molecule has 2 nitrogen and oxygen atoms in total. The summed E-state index contributed by atoms with van der Waals surface area (Å²) in [5.74, 6) is 0.515. The summed E-state index contributed by atoms with van der Waals surface area (Å²) in [6.45, 7) is 4.38. The van der Waals surface area contributed by atoms with Crippen LogP contribution >= 0.6 is 0 Å². The number of benzene rings is 1. The summed E-state index contributed by atoms with van der Waals surface area (Å²) in [7, 11) is 2.17. The van der Waals surface area contributed by atoms with Crippen LogP contribution in [0.1, 0.15) is 51.1 Å². The molecule has 1 saturated carbocycles. The first-order chi connectivity index (χ1) is 9.50. The summed E-state index contributed by atoms with van der Waals surface area (Å²) in [5.41, 5.74) is 7.34. The lowest BCUT2D eigenvalue weighted by Gasteiger charge is -2.42. The van der Waals surface area contributed by atoms with Gasteiger partial charge in [-0.15, -0.1) is 0 Å². The van der Waals surface area contributed by atoms with Crippen molar-refractivity contribution in [2.75, 3.05) is 7.05 Å². The van der Waals surface area contributed by atoms with Gasteiger partial charge in [0.05, 0.1) is 0 Å². The second kappa shape index (κ2) is 6.68. The van der Waals surface area contributed by atoms with Crippen LogP contribution in [0.5, 0.6) is 0 Å². The zero-order valence-electron chi connectivity index (χ0n) is 12.8. The molecule has 0 aliphatic heterocycles. The predicted octanol–water partition coefficient (Wildman–Crippen LogP) is 3.72. The van der Waals surface area contributed by atoms with Crippen molar-refractivity contribution >= 4 is 0 Å². The zero-order valence-corrected chi connectivity index (χ0v) is 12.8. The van der Waals surface area contributed by atoms with Crippen LogP contribution in [0.15, 0.2) is 24.3 Å². The Morgan fingerprint density at radius 2 is 1.80 bits per heavy atom. The maximum atomic E-state index is 13.1. The summed E-state index contributed by atoms with van der Waals surface area (Å²) in [6, 6.07) is 7.55. The van der Waals surface area contributed by atoms with E-state index in [1.54, 1.807) is 0 Å². The van der Waals surface area contributed by atoms with Crippen LogP contribution in [0.25, 0.3) is 0 Å². The molecule has 2 rings (SSSR count). The minimum atomic E-state index is -0.189. The van der Waals surface area contributed by atoms with Crippen LogP contribution in [0.3, 0.4) is 0 Å². The Hall–Kier alpha value is -0.930. The van der Waals surface area contributed by atoms with Gasteiger partial charge in [0.15, 0.2) is 0 Å². The maximum absolute atomic E-state index is 13.1. The average molecular weight is 278 g/mol. The highest BCUT2D eigenvalue weighted by molar-refractivity contribution is 5.21. The molecule has 1 aromatic rings. The molecule has 0 saturated heterocycles. The Morgan fingerprint density at radius 3 is 2.35 bits per heavy atom. The average Bonchev–Trinajstić information content (AvgIpc) is 2.41. The fourth-order valence-electron chi connectivity index (χ4n) is 3.68. The van der Waals surface area contributed by atoms with Gasteiger partial charge in [-0.3, -0.25) is 4.90 Å². The van der Waals surface area contributed by atoms with Gasteiger partial charge in [-0.05, 0) is 50.4 Å². The molecule has 3 heteroatoms. The lowest BCUT2D eigenvalue weighted by molar-refractivity contribution is 0.0859. The van der Waals surface area contributed by atoms with E-state index < -0.39 is 0 Å². The number of hydrogen-bond donors (Lipinski definition) is 1. The number of hydrogen-bond acceptors (Lipinski definition) is 2. The number of rotatable bonds is 4. The number of likely N-dealkylation sites (N-methyl/N-ethyl adjacent to an activating group) is 1. The van der Waals surface area contributed by atoms with E-state index >= 15 is 0 Å². The van der Waals surface area contributed by atoms with Gasteiger partial charge in [-0.1, -0.05) is 31.9 Å². The molecule has 2 N–H and O–H groups in total. The topological polar surface area (TPSA) is 29.3 Å². The monoisotopic (exact) mass is 278 g/mol. The van der Waals surface area contributed by atoms with Gasteiger partial charge in [0.25, 0.3) is 0 Å². The predicted molar refractivity (Wildman–Crippen MR) is 82.0 cm³/mol. The SMILES string of the molecule is CC(N)C(c1ccc(F)cc1)N(C)C1CCCCC1C. The van der Waals surface area contributed by atoms with Gasteiger partial charge in [-0.2, -0.15) is 0 Å². The first-order valence-corrected chi connectivity index (χ1v) is 7.73. The highest BCUT2D eigenvalue weighted by Gasteiger charge is 2.31. The van der Waals surface area contributed by atoms with Crippen LogP contribution in [-0.4, -0.2) is 24.0 Å². The molecule has 20 heavy (non-hydrogen) atoms. The van der Waals surface area contributed by atoms with Gasteiger partial charge in [0.1, 0.15) is 5.82 Å². The molecule has 0 bridgehead atoms. The Balaban J connectivity index is 2.21. The lowest BCUT2D eigenvalue weighted by Crippen LogP contribution is -2.46. The molecule has 0 heterocycles. The number of nitrogens with two attached hydrogens (primary N) is 1. The molecule has 112 valence electrons. The maximum Gasteiger partial charge on any atom is 0.123 e. The zero-order chi connectivity index (χ0) is 14.7. The Labute approximate surface area is 122 Å². The molecular formula is C17H27FN2. The molecule has 1 fully saturated rings. The Kier molecular flexibility index (Phi) is 5.17. The van der Waals surface area contributed by atoms with E-state index in [0.29, 0.717) is 12.0 Å². The first-order valence-electron chi connectivity index (χ1n) is 7.73. The minimum Gasteiger partial charge on any atom is -0.326 e. The van der Waals surface area contributed by atoms with Crippen LogP contribution in [0.2, 0.25) is 0 Å². The van der Waals surface area contributed by atoms with E-state index in [1.807, 2.05) is 19.1 Å². The summed E-state index contributed by atoms with van der Waals surface area (Å²) < 4.78 is 13.1. The molecular weight excluding hydrogens is 251 g/mol. The lowest BCUT2D eigenvalue weighted by atomic mass is 9.83. The van der Waals surface area contributed by atoms with Crippen molar-refractivity contribution in [3.8, 4) is 0 Å². The molecule has 0 aromatic heterocycles. The standard InChI is InChI=1S/C17H27FN2/c1-12-6-4-5-7-16(12)20(3)17(13(2)19)14-8-10-15(18)11-9-14/h8-13,16-17H,4-7,19H2,1-3H3. The molecule has 0 radical (unpaired) electrons. The third kappa shape index (κ3) is 3.39. The molecule has 1 aromatic carbocycles. The highest BCUT2D eigenvalue weighted by Crippen LogP contribution is 2.33. The third-order valence-corrected chi connectivity index (χ3v) is 4.74. The van der Waals surface area contributed by atoms with Gasteiger partial charge in [0.2, 0.25) is 0 Å². The molecule has 1 aliphatic carbocycles. The summed E-state index contributed by atoms with van der Waals surface area (Å²) >= 11 is 0. The van der Waals surface area contributed by atoms with E-state index in [0.717, 1.165) is 5.56 Å². The Bertz CT molecular complexity index is 416. The normalized spacial score (nSPS) is 26.5. The Morgan fingerprint density at radius 1 is 1.20 bits per heavy atom. The third-order valence-electron chi connectivity index (χ3n) is 4.74. The molecule has 0 spiro atoms. The van der Waals surface area contributed by atoms with Crippen molar-refractivity contribution in [1.29, 1.82) is 0 Å². The first kappa shape index (κ1) is 15.5. The van der Waals surface area contributed by atoms with Crippen LogP contribution < -0.4 is 5.73 Å². The van der Waals surface area contributed by atoms with Gasteiger partial charge < -0.3 is 5.73 Å². The molecule has 1 aliphatic rings. The molecule has 4 atom stereocenters. The van der Waals surface area contributed by atoms with E-state index in [9.17, 15) is 4.39 Å². The summed E-state index contributed by atoms with van der Waals surface area (Å²) in [6.07, 6.45) is 5.17. The number of nitrogens with zero attached hydrogens (tertiary/aromatic N) is 1. The second-order valence-corrected chi connectivity index (χ2v) is 6.35. The van der Waals surface area contributed by atoms with E-state index in [4.69, 9.17) is 5.73 Å². The second-order valence-electron chi connectivity index (χ2n) is 6.35. The smallest absolute Gasteiger partial charge is 0.123 e. The van der Waals surface area contributed by atoms with Crippen LogP contribution in [0.4, 0.5) is 4.39 Å². The highest BCUT2D eigenvalue weighted by atomic mass is 19.1. The van der Waals surface area contributed by atoms with Crippen molar-refractivity contribution in [1.82, 2.24) is 4.90 Å². The van der Waals surface area contributed by atoms with Crippen LogP contribution in [0, 0.1) is 11.7 Å². The van der Waals surface area contributed by atoms with Gasteiger partial charge >= 0.3 is 0 Å². The van der Waals surface area contributed by atoms with Crippen molar-refractivity contribution in [2.24, 2.45) is 11.7 Å². The molecule has 0 amide bonds. The van der Waals surface area contributed by atoms with Gasteiger partial charge in [-0.25, -0.2) is 4.39 Å². The quantitative estimate of drug-likeness (QED) is 0.909. The van der Waals surface area contributed by atoms with Crippen molar-refractivity contribution < 1.29 is 4.39 Å². The van der Waals surface area contributed by atoms with E-state index in [2.05, 4.69) is 18.9 Å². The van der Waals surface area contributed by atoms with Crippen LogP contribution in [-0.2, 0) is 0 Å². The fourth-order valence-corrected chi connectivity index (χ4v) is 3.68. The van der Waals surface area contributed by atoms with Crippen molar-refractivity contribution in [3.63, 3.8) is 0 Å². The molecule has 4 unspecified atom stereocenters.